The third-order valence-electron chi connectivity index (χ3n) is 3.36. The zero-order chi connectivity index (χ0) is 14.1. The molecule has 1 aromatic carbocycles. The number of β-amino-alcohol motifs (C(OH)–C–C–N with tert-alkyl or cyclic N) is 2. The van der Waals surface area contributed by atoms with Crippen LogP contribution in [0, 0.1) is 0 Å². The van der Waals surface area contributed by atoms with Gasteiger partial charge in [0.05, 0.1) is 24.9 Å². The molecule has 20 heavy (non-hydrogen) atoms. The van der Waals surface area contributed by atoms with Crippen molar-refractivity contribution in [3.63, 3.8) is 0 Å². The number of oxazole rings is 1. The highest BCUT2D eigenvalue weighted by Gasteiger charge is 2.30. The number of likely N-dealkylation sites (tertiary alicyclic amines) is 1. The van der Waals surface area contributed by atoms with Gasteiger partial charge in [0.2, 0.25) is 5.89 Å². The van der Waals surface area contributed by atoms with Crippen LogP contribution in [-0.4, -0.2) is 45.4 Å². The molecule has 1 saturated heterocycles. The number of hydrogen-bond donors (Lipinski definition) is 2. The van der Waals surface area contributed by atoms with Crippen molar-refractivity contribution in [1.82, 2.24) is 9.88 Å². The zero-order valence-corrected chi connectivity index (χ0v) is 11.5. The van der Waals surface area contributed by atoms with E-state index in [4.69, 9.17) is 16.0 Å². The van der Waals surface area contributed by atoms with E-state index < -0.39 is 12.2 Å². The van der Waals surface area contributed by atoms with Gasteiger partial charge in [-0.15, -0.1) is 0 Å². The highest BCUT2D eigenvalue weighted by atomic mass is 35.5. The van der Waals surface area contributed by atoms with Crippen LogP contribution in [0.1, 0.15) is 5.89 Å². The average Bonchev–Trinajstić information content (AvgIpc) is 2.98. The number of hydrogen-bond acceptors (Lipinski definition) is 5. The summed E-state index contributed by atoms with van der Waals surface area (Å²) in [6, 6.07) is 7.37. The Labute approximate surface area is 121 Å². The second-order valence-electron chi connectivity index (χ2n) is 4.96. The van der Waals surface area contributed by atoms with Gasteiger partial charge in [-0.3, -0.25) is 4.90 Å². The molecule has 0 saturated carbocycles. The number of halogens is 1. The van der Waals surface area contributed by atoms with Gasteiger partial charge in [0.15, 0.2) is 5.76 Å². The van der Waals surface area contributed by atoms with Crippen molar-refractivity contribution in [2.75, 3.05) is 13.1 Å². The Morgan fingerprint density at radius 2 is 2.05 bits per heavy atom. The Morgan fingerprint density at radius 1 is 1.30 bits per heavy atom. The highest BCUT2D eigenvalue weighted by Crippen LogP contribution is 2.24. The summed E-state index contributed by atoms with van der Waals surface area (Å²) in [5.41, 5.74) is 0.873. The lowest BCUT2D eigenvalue weighted by Crippen LogP contribution is -2.22. The molecular weight excluding hydrogens is 280 g/mol. The fraction of sp³-hybridized carbons (Fsp3) is 0.357. The average molecular weight is 295 g/mol. The Hall–Kier alpha value is -1.40. The van der Waals surface area contributed by atoms with Gasteiger partial charge in [-0.25, -0.2) is 4.98 Å². The molecule has 1 aliphatic rings. The number of aromatic nitrogens is 1. The minimum Gasteiger partial charge on any atom is -0.439 e. The van der Waals surface area contributed by atoms with E-state index in [9.17, 15) is 10.2 Å². The first-order valence-corrected chi connectivity index (χ1v) is 6.79. The van der Waals surface area contributed by atoms with E-state index in [1.165, 1.54) is 0 Å². The van der Waals surface area contributed by atoms with E-state index in [1.54, 1.807) is 12.3 Å². The molecule has 0 spiro atoms. The van der Waals surface area contributed by atoms with Crippen molar-refractivity contribution in [3.05, 3.63) is 41.4 Å². The Balaban J connectivity index is 1.71. The molecule has 1 aromatic heterocycles. The number of aliphatic hydroxyl groups excluding tert-OH is 2. The zero-order valence-electron chi connectivity index (χ0n) is 10.7. The lowest BCUT2D eigenvalue weighted by molar-refractivity contribution is 0.0572. The molecule has 2 atom stereocenters. The molecule has 0 aliphatic carbocycles. The number of nitrogens with zero attached hydrogens (tertiary/aromatic N) is 2. The third kappa shape index (κ3) is 2.86. The van der Waals surface area contributed by atoms with Crippen LogP contribution in [0.25, 0.3) is 11.3 Å². The van der Waals surface area contributed by atoms with Gasteiger partial charge in [0.1, 0.15) is 0 Å². The molecule has 5 nitrogen and oxygen atoms in total. The maximum atomic E-state index is 9.50. The molecule has 6 heteroatoms. The summed E-state index contributed by atoms with van der Waals surface area (Å²) in [4.78, 5) is 6.13. The van der Waals surface area contributed by atoms with Crippen molar-refractivity contribution in [2.24, 2.45) is 0 Å². The van der Waals surface area contributed by atoms with Gasteiger partial charge in [-0.1, -0.05) is 23.7 Å². The summed E-state index contributed by atoms with van der Waals surface area (Å²) >= 11 is 5.95. The monoisotopic (exact) mass is 294 g/mol. The maximum Gasteiger partial charge on any atom is 0.209 e. The summed E-state index contributed by atoms with van der Waals surface area (Å²) in [5.74, 6) is 1.21. The molecule has 2 N–H and O–H groups in total. The van der Waals surface area contributed by atoms with Crippen molar-refractivity contribution < 1.29 is 14.6 Å². The molecule has 2 aromatic rings. The predicted molar refractivity (Wildman–Crippen MR) is 74.2 cm³/mol. The maximum absolute atomic E-state index is 9.50. The Kier molecular flexibility index (Phi) is 3.76. The highest BCUT2D eigenvalue weighted by molar-refractivity contribution is 6.30. The second-order valence-corrected chi connectivity index (χ2v) is 5.39. The quantitative estimate of drug-likeness (QED) is 0.898. The fourth-order valence-corrected chi connectivity index (χ4v) is 2.52. The van der Waals surface area contributed by atoms with E-state index in [1.807, 2.05) is 23.1 Å². The molecule has 3 rings (SSSR count). The molecule has 2 heterocycles. The second kappa shape index (κ2) is 5.54. The minimum atomic E-state index is -0.697. The number of rotatable bonds is 3. The fourth-order valence-electron chi connectivity index (χ4n) is 2.33. The van der Waals surface area contributed by atoms with E-state index in [-0.39, 0.29) is 0 Å². The topological polar surface area (TPSA) is 69.7 Å². The SMILES string of the molecule is O[C@@H]1CN(Cc2ncc(-c3cccc(Cl)c3)o2)C[C@@H]1O. The summed E-state index contributed by atoms with van der Waals surface area (Å²) in [6.07, 6.45) is 0.263. The van der Waals surface area contributed by atoms with E-state index in [0.29, 0.717) is 36.3 Å². The number of aliphatic hydroxyl groups is 2. The molecule has 0 unspecified atom stereocenters. The molecule has 106 valence electrons. The van der Waals surface area contributed by atoms with Crippen LogP contribution in [0.2, 0.25) is 5.02 Å². The number of benzene rings is 1. The van der Waals surface area contributed by atoms with Crippen LogP contribution in [-0.2, 0) is 6.54 Å². The first-order chi connectivity index (χ1) is 9.61. The Morgan fingerprint density at radius 3 is 2.75 bits per heavy atom. The molecule has 0 amide bonds. The lowest BCUT2D eigenvalue weighted by atomic mass is 10.2. The van der Waals surface area contributed by atoms with Crippen molar-refractivity contribution >= 4 is 11.6 Å². The van der Waals surface area contributed by atoms with E-state index in [0.717, 1.165) is 5.56 Å². The van der Waals surface area contributed by atoms with Gasteiger partial charge < -0.3 is 14.6 Å². The summed E-state index contributed by atoms with van der Waals surface area (Å²) in [6.45, 7) is 1.32. The Bertz CT molecular complexity index is 592. The van der Waals surface area contributed by atoms with Gasteiger partial charge in [-0.05, 0) is 12.1 Å². The van der Waals surface area contributed by atoms with Crippen LogP contribution >= 0.6 is 11.6 Å². The molecule has 0 bridgehead atoms. The minimum absolute atomic E-state index is 0.427. The van der Waals surface area contributed by atoms with Gasteiger partial charge >= 0.3 is 0 Å². The van der Waals surface area contributed by atoms with Crippen LogP contribution in [0.15, 0.2) is 34.9 Å². The van der Waals surface area contributed by atoms with Crippen molar-refractivity contribution in [3.8, 4) is 11.3 Å². The van der Waals surface area contributed by atoms with E-state index >= 15 is 0 Å². The van der Waals surface area contributed by atoms with Gasteiger partial charge in [0.25, 0.3) is 0 Å². The van der Waals surface area contributed by atoms with Gasteiger partial charge in [-0.2, -0.15) is 0 Å². The molecule has 1 fully saturated rings. The standard InChI is InChI=1S/C14H15ClN2O3/c15-10-3-1-2-9(4-10)13-5-16-14(20-13)8-17-6-11(18)12(19)7-17/h1-5,11-12,18-19H,6-8H2/t11-,12+. The summed E-state index contributed by atoms with van der Waals surface area (Å²) in [5, 5.41) is 19.6. The van der Waals surface area contributed by atoms with Crippen molar-refractivity contribution in [1.29, 1.82) is 0 Å². The largest absolute Gasteiger partial charge is 0.439 e. The normalized spacial score (nSPS) is 23.4. The lowest BCUT2D eigenvalue weighted by Gasteiger charge is -2.11. The summed E-state index contributed by atoms with van der Waals surface area (Å²) in [7, 11) is 0. The van der Waals surface area contributed by atoms with Crippen LogP contribution in [0.5, 0.6) is 0 Å². The molecule has 1 aliphatic heterocycles. The first-order valence-electron chi connectivity index (χ1n) is 6.41. The smallest absolute Gasteiger partial charge is 0.209 e. The van der Waals surface area contributed by atoms with Gasteiger partial charge in [0, 0.05) is 23.7 Å². The predicted octanol–water partition coefficient (Wildman–Crippen LogP) is 1.53. The molecule has 0 radical (unpaired) electrons. The summed E-state index contributed by atoms with van der Waals surface area (Å²) < 4.78 is 5.68. The van der Waals surface area contributed by atoms with E-state index in [2.05, 4.69) is 4.98 Å². The van der Waals surface area contributed by atoms with Crippen LogP contribution < -0.4 is 0 Å². The van der Waals surface area contributed by atoms with Crippen LogP contribution in [0.3, 0.4) is 0 Å². The first kappa shape index (κ1) is 13.6. The van der Waals surface area contributed by atoms with Crippen molar-refractivity contribution in [2.45, 2.75) is 18.8 Å². The van der Waals surface area contributed by atoms with Crippen LogP contribution in [0.4, 0.5) is 0 Å². The third-order valence-corrected chi connectivity index (χ3v) is 3.59. The molecular formula is C14H15ClN2O3.